The van der Waals surface area contributed by atoms with E-state index in [0.29, 0.717) is 17.1 Å². The Balaban J connectivity index is 2.33. The Labute approximate surface area is 134 Å². The highest BCUT2D eigenvalue weighted by atomic mass is 16.7. The quantitative estimate of drug-likeness (QED) is 0.366. The normalized spacial score (nSPS) is 16.0. The molecule has 1 aliphatic heterocycles. The molecule has 0 atom stereocenters. The molecule has 0 saturated carbocycles. The van der Waals surface area contributed by atoms with E-state index in [4.69, 9.17) is 25.4 Å². The van der Waals surface area contributed by atoms with Gasteiger partial charge in [-0.3, -0.25) is 0 Å². The first-order valence-electron chi connectivity index (χ1n) is 6.79. The zero-order valence-corrected chi connectivity index (χ0v) is 13.0. The van der Waals surface area contributed by atoms with Crippen LogP contribution in [-0.4, -0.2) is 31.4 Å². The molecule has 1 aromatic rings. The highest BCUT2D eigenvalue weighted by Gasteiger charge is 2.38. The van der Waals surface area contributed by atoms with Gasteiger partial charge in [-0.1, -0.05) is 12.0 Å². The van der Waals surface area contributed by atoms with Crippen molar-refractivity contribution in [2.24, 2.45) is 0 Å². The van der Waals surface area contributed by atoms with E-state index in [0.717, 1.165) is 0 Å². The molecule has 0 N–H and O–H groups in total. The van der Waals surface area contributed by atoms with Gasteiger partial charge in [0.25, 0.3) is 5.79 Å². The maximum Gasteiger partial charge on any atom is 0.348 e. The lowest BCUT2D eigenvalue weighted by molar-refractivity contribution is -0.222. The number of hydrogen-bond donors (Lipinski definition) is 0. The Morgan fingerprint density at radius 1 is 1.22 bits per heavy atom. The molecule has 1 aliphatic rings. The van der Waals surface area contributed by atoms with E-state index >= 15 is 0 Å². The van der Waals surface area contributed by atoms with Crippen LogP contribution < -0.4 is 9.47 Å². The largest absolute Gasteiger partial charge is 0.493 e. The van der Waals surface area contributed by atoms with Crippen LogP contribution in [0.4, 0.5) is 0 Å². The molecule has 0 unspecified atom stereocenters. The Kier molecular flexibility index (Phi) is 4.60. The number of benzene rings is 1. The molecule has 0 amide bonds. The average molecular weight is 316 g/mol. The number of esters is 2. The third-order valence-electron chi connectivity index (χ3n) is 2.93. The second kappa shape index (κ2) is 6.44. The van der Waals surface area contributed by atoms with E-state index in [1.54, 1.807) is 18.2 Å². The van der Waals surface area contributed by atoms with Crippen molar-refractivity contribution in [3.05, 3.63) is 29.3 Å². The van der Waals surface area contributed by atoms with Crippen LogP contribution in [0.2, 0.25) is 0 Å². The summed E-state index contributed by atoms with van der Waals surface area (Å²) in [6.45, 7) is 3.03. The predicted octanol–water partition coefficient (Wildman–Crippen LogP) is 1.93. The SMILES string of the molecule is C#CCOc1cc(C=C2C(=O)OC(C)(C)OC2=O)ccc1OC. The van der Waals surface area contributed by atoms with Crippen LogP contribution in [0.3, 0.4) is 0 Å². The van der Waals surface area contributed by atoms with E-state index < -0.39 is 17.7 Å². The maximum absolute atomic E-state index is 11.9. The second-order valence-electron chi connectivity index (χ2n) is 5.14. The molecule has 0 aliphatic carbocycles. The molecular weight excluding hydrogens is 300 g/mol. The fraction of sp³-hybridized carbons (Fsp3) is 0.294. The van der Waals surface area contributed by atoms with Crippen molar-refractivity contribution < 1.29 is 28.5 Å². The Bertz CT molecular complexity index is 686. The van der Waals surface area contributed by atoms with Crippen LogP contribution in [0.1, 0.15) is 19.4 Å². The third kappa shape index (κ3) is 3.83. The molecule has 0 bridgehead atoms. The number of carbonyl (C=O) groups excluding carboxylic acids is 2. The summed E-state index contributed by atoms with van der Waals surface area (Å²) in [5, 5.41) is 0. The van der Waals surface area contributed by atoms with Crippen molar-refractivity contribution in [2.75, 3.05) is 13.7 Å². The number of methoxy groups -OCH3 is 1. The van der Waals surface area contributed by atoms with Gasteiger partial charge in [0.15, 0.2) is 11.5 Å². The first-order valence-corrected chi connectivity index (χ1v) is 6.79. The minimum Gasteiger partial charge on any atom is -0.493 e. The van der Waals surface area contributed by atoms with Gasteiger partial charge in [0.1, 0.15) is 12.2 Å². The van der Waals surface area contributed by atoms with Crippen molar-refractivity contribution in [2.45, 2.75) is 19.6 Å². The number of terminal acetylenes is 1. The van der Waals surface area contributed by atoms with Gasteiger partial charge in [0, 0.05) is 13.8 Å². The van der Waals surface area contributed by atoms with Crippen LogP contribution in [0.25, 0.3) is 6.08 Å². The lowest BCUT2D eigenvalue weighted by atomic mass is 10.1. The summed E-state index contributed by atoms with van der Waals surface area (Å²) < 4.78 is 20.6. The van der Waals surface area contributed by atoms with Gasteiger partial charge in [-0.25, -0.2) is 9.59 Å². The van der Waals surface area contributed by atoms with Crippen LogP contribution in [0.15, 0.2) is 23.8 Å². The number of rotatable bonds is 4. The minimum atomic E-state index is -1.27. The molecule has 1 aromatic carbocycles. The van der Waals surface area contributed by atoms with Crippen LogP contribution in [0.5, 0.6) is 11.5 Å². The number of carbonyl (C=O) groups is 2. The number of cyclic esters (lactones) is 2. The number of ether oxygens (including phenoxy) is 4. The zero-order valence-electron chi connectivity index (χ0n) is 13.0. The first kappa shape index (κ1) is 16.4. The molecule has 6 nitrogen and oxygen atoms in total. The van der Waals surface area contributed by atoms with E-state index in [2.05, 4.69) is 5.92 Å². The predicted molar refractivity (Wildman–Crippen MR) is 81.6 cm³/mol. The smallest absolute Gasteiger partial charge is 0.348 e. The Morgan fingerprint density at radius 3 is 2.43 bits per heavy atom. The Hall–Kier alpha value is -2.94. The lowest BCUT2D eigenvalue weighted by Gasteiger charge is -2.29. The monoisotopic (exact) mass is 316 g/mol. The van der Waals surface area contributed by atoms with Crippen molar-refractivity contribution in [3.8, 4) is 23.8 Å². The molecule has 0 radical (unpaired) electrons. The van der Waals surface area contributed by atoms with Crippen LogP contribution in [0, 0.1) is 12.3 Å². The fourth-order valence-electron chi connectivity index (χ4n) is 1.96. The van der Waals surface area contributed by atoms with E-state index in [-0.39, 0.29) is 12.2 Å². The van der Waals surface area contributed by atoms with Gasteiger partial charge in [0.2, 0.25) is 0 Å². The number of hydrogen-bond acceptors (Lipinski definition) is 6. The highest BCUT2D eigenvalue weighted by Crippen LogP contribution is 2.30. The van der Waals surface area contributed by atoms with E-state index in [9.17, 15) is 9.59 Å². The summed E-state index contributed by atoms with van der Waals surface area (Å²) in [5.74, 6) is 0.478. The van der Waals surface area contributed by atoms with Gasteiger partial charge in [0.05, 0.1) is 7.11 Å². The molecule has 0 aromatic heterocycles. The summed E-state index contributed by atoms with van der Waals surface area (Å²) in [6.07, 6.45) is 6.53. The van der Waals surface area contributed by atoms with Gasteiger partial charge in [-0.15, -0.1) is 6.42 Å². The zero-order chi connectivity index (χ0) is 17.0. The van der Waals surface area contributed by atoms with Gasteiger partial charge < -0.3 is 18.9 Å². The summed E-state index contributed by atoms with van der Waals surface area (Å²) in [7, 11) is 1.49. The van der Waals surface area contributed by atoms with Crippen LogP contribution in [-0.2, 0) is 19.1 Å². The molecule has 6 heteroatoms. The molecular formula is C17H16O6. The molecule has 120 valence electrons. The summed E-state index contributed by atoms with van der Waals surface area (Å²) in [4.78, 5) is 23.9. The Morgan fingerprint density at radius 2 is 1.87 bits per heavy atom. The lowest BCUT2D eigenvalue weighted by Crippen LogP contribution is -2.41. The topological polar surface area (TPSA) is 71.1 Å². The van der Waals surface area contributed by atoms with Crippen molar-refractivity contribution >= 4 is 18.0 Å². The molecule has 23 heavy (non-hydrogen) atoms. The van der Waals surface area contributed by atoms with Crippen molar-refractivity contribution in [1.29, 1.82) is 0 Å². The van der Waals surface area contributed by atoms with Crippen molar-refractivity contribution in [1.82, 2.24) is 0 Å². The minimum absolute atomic E-state index is 0.0641. The highest BCUT2D eigenvalue weighted by molar-refractivity contribution is 6.18. The van der Waals surface area contributed by atoms with Crippen molar-refractivity contribution in [3.63, 3.8) is 0 Å². The molecule has 1 fully saturated rings. The van der Waals surface area contributed by atoms with Gasteiger partial charge >= 0.3 is 11.9 Å². The second-order valence-corrected chi connectivity index (χ2v) is 5.14. The third-order valence-corrected chi connectivity index (χ3v) is 2.93. The van der Waals surface area contributed by atoms with Crippen LogP contribution >= 0.6 is 0 Å². The molecule has 1 saturated heterocycles. The molecule has 0 spiro atoms. The average Bonchev–Trinajstić information content (AvgIpc) is 2.48. The van der Waals surface area contributed by atoms with E-state index in [1.807, 2.05) is 0 Å². The maximum atomic E-state index is 11.9. The molecule has 2 rings (SSSR count). The molecule has 1 heterocycles. The standard InChI is InChI=1S/C17H16O6/c1-5-8-21-14-10-11(6-7-13(14)20-4)9-12-15(18)22-17(2,3)23-16(12)19/h1,6-7,9-10H,8H2,2-4H3. The summed E-state index contributed by atoms with van der Waals surface area (Å²) in [5.41, 5.74) is 0.346. The van der Waals surface area contributed by atoms with E-state index in [1.165, 1.54) is 27.0 Å². The fourth-order valence-corrected chi connectivity index (χ4v) is 1.96. The first-order chi connectivity index (χ1) is 10.9. The van der Waals surface area contributed by atoms with Gasteiger partial charge in [-0.05, 0) is 23.8 Å². The summed E-state index contributed by atoms with van der Waals surface area (Å²) in [6, 6.07) is 4.90. The summed E-state index contributed by atoms with van der Waals surface area (Å²) >= 11 is 0. The van der Waals surface area contributed by atoms with Gasteiger partial charge in [-0.2, -0.15) is 0 Å².